The Morgan fingerprint density at radius 1 is 1.21 bits per heavy atom. The van der Waals surface area contributed by atoms with Gasteiger partial charge in [-0.05, 0) is 42.9 Å². The first-order chi connectivity index (χ1) is 11.4. The topological polar surface area (TPSA) is 30.9 Å². The summed E-state index contributed by atoms with van der Waals surface area (Å²) in [4.78, 5) is 2.68. The van der Waals surface area contributed by atoms with Gasteiger partial charge in [-0.15, -0.1) is 0 Å². The van der Waals surface area contributed by atoms with Gasteiger partial charge in [0.25, 0.3) is 0 Å². The molecule has 3 atom stereocenters. The molecule has 0 bridgehead atoms. The average molecular weight is 326 g/mol. The monoisotopic (exact) mass is 325 g/mol. The van der Waals surface area contributed by atoms with Crippen LogP contribution in [0, 0.1) is 11.3 Å². The number of hydrogen-bond acceptors (Lipinski definition) is 1. The van der Waals surface area contributed by atoms with Gasteiger partial charge in [0.1, 0.15) is 6.04 Å². The molecule has 130 valence electrons. The fourth-order valence-corrected chi connectivity index (χ4v) is 4.38. The largest absolute Gasteiger partial charge is 0.352 e. The van der Waals surface area contributed by atoms with Crippen LogP contribution in [0.5, 0.6) is 0 Å². The lowest BCUT2D eigenvalue weighted by Gasteiger charge is -2.50. The molecule has 3 rings (SSSR count). The van der Waals surface area contributed by atoms with E-state index in [9.17, 15) is 0 Å². The van der Waals surface area contributed by atoms with Crippen molar-refractivity contribution in [2.24, 2.45) is 11.3 Å². The lowest BCUT2D eigenvalue weighted by molar-refractivity contribution is -0.400. The molecule has 3 N–H and O–H groups in total. The highest BCUT2D eigenvalue weighted by Crippen LogP contribution is 2.45. The Labute approximate surface area is 147 Å². The van der Waals surface area contributed by atoms with Gasteiger partial charge in [0, 0.05) is 24.1 Å². The van der Waals surface area contributed by atoms with Gasteiger partial charge in [0.2, 0.25) is 0 Å². The summed E-state index contributed by atoms with van der Waals surface area (Å²) >= 11 is 0. The smallest absolute Gasteiger partial charge is 0.107 e. The third-order valence-corrected chi connectivity index (χ3v) is 5.98. The second-order valence-corrected chi connectivity index (χ2v) is 8.28. The molecule has 1 aliphatic carbocycles. The van der Waals surface area contributed by atoms with Crippen LogP contribution in [0.1, 0.15) is 46.1 Å². The van der Waals surface area contributed by atoms with Crippen molar-refractivity contribution in [1.82, 2.24) is 4.90 Å². The molecule has 0 aromatic heterocycles. The van der Waals surface area contributed by atoms with Crippen molar-refractivity contribution in [2.75, 3.05) is 6.54 Å². The number of likely N-dealkylation sites (tertiary alicyclic amines) is 1. The molecular weight excluding hydrogens is 292 g/mol. The van der Waals surface area contributed by atoms with Crippen molar-refractivity contribution in [3.8, 4) is 0 Å². The molecule has 0 amide bonds. The minimum Gasteiger partial charge on any atom is -0.352 e. The molecule has 0 spiro atoms. The molecule has 3 unspecified atom stereocenters. The zero-order valence-corrected chi connectivity index (χ0v) is 15.8. The Hall–Kier alpha value is -1.38. The lowest BCUT2D eigenvalue weighted by Crippen LogP contribution is -2.61. The van der Waals surface area contributed by atoms with Crippen molar-refractivity contribution in [1.29, 1.82) is 0 Å². The van der Waals surface area contributed by atoms with Crippen molar-refractivity contribution >= 4 is 0 Å². The fraction of sp³-hybridized carbons (Fsp3) is 0.545. The molecule has 1 saturated heterocycles. The first-order valence-electron chi connectivity index (χ1n) is 9.46. The SMILES string of the molecule is CCC1=CC2C(C=C1C(C)[NH3+])N(Cc1ccccc1)CCC2(C)C. The first kappa shape index (κ1) is 17.4. The number of rotatable bonds is 4. The molecule has 0 saturated carbocycles. The molecule has 0 radical (unpaired) electrons. The van der Waals surface area contributed by atoms with E-state index in [1.165, 1.54) is 29.7 Å². The minimum absolute atomic E-state index is 0.362. The second kappa shape index (κ2) is 6.85. The van der Waals surface area contributed by atoms with Crippen molar-refractivity contribution < 1.29 is 5.73 Å². The van der Waals surface area contributed by atoms with Gasteiger partial charge in [-0.25, -0.2) is 0 Å². The van der Waals surface area contributed by atoms with Crippen molar-refractivity contribution in [3.63, 3.8) is 0 Å². The Balaban J connectivity index is 1.93. The second-order valence-electron chi connectivity index (χ2n) is 8.28. The van der Waals surface area contributed by atoms with Crippen LogP contribution < -0.4 is 5.73 Å². The summed E-state index contributed by atoms with van der Waals surface area (Å²) in [5, 5.41) is 0. The number of benzene rings is 1. The molecule has 1 aliphatic heterocycles. The van der Waals surface area contributed by atoms with Crippen LogP contribution in [0.3, 0.4) is 0 Å². The molecular formula is C22H33N2+. The number of quaternary nitrogens is 1. The first-order valence-corrected chi connectivity index (χ1v) is 9.46. The van der Waals surface area contributed by atoms with Crippen LogP contribution in [-0.2, 0) is 6.54 Å². The highest BCUT2D eigenvalue weighted by molar-refractivity contribution is 5.40. The minimum atomic E-state index is 0.362. The quantitative estimate of drug-likeness (QED) is 0.896. The van der Waals surface area contributed by atoms with Gasteiger partial charge in [0.15, 0.2) is 0 Å². The van der Waals surface area contributed by atoms with Gasteiger partial charge >= 0.3 is 0 Å². The normalized spacial score (nSPS) is 27.9. The van der Waals surface area contributed by atoms with Crippen molar-refractivity contribution in [2.45, 2.75) is 59.2 Å². The van der Waals surface area contributed by atoms with Gasteiger partial charge in [0.05, 0.1) is 0 Å². The van der Waals surface area contributed by atoms with Crippen LogP contribution in [-0.4, -0.2) is 23.5 Å². The van der Waals surface area contributed by atoms with E-state index in [0.29, 0.717) is 23.4 Å². The summed E-state index contributed by atoms with van der Waals surface area (Å²) in [5.74, 6) is 0.604. The summed E-state index contributed by atoms with van der Waals surface area (Å²) in [6, 6.07) is 11.8. The summed E-state index contributed by atoms with van der Waals surface area (Å²) in [6.07, 6.45) is 7.51. The van der Waals surface area contributed by atoms with Crippen molar-refractivity contribution in [3.05, 3.63) is 59.2 Å². The molecule has 1 fully saturated rings. The van der Waals surface area contributed by atoms with Gasteiger partial charge in [-0.2, -0.15) is 0 Å². The molecule has 1 aromatic carbocycles. The van der Waals surface area contributed by atoms with Gasteiger partial charge in [-0.3, -0.25) is 4.90 Å². The molecule has 1 aromatic rings. The summed E-state index contributed by atoms with van der Waals surface area (Å²) < 4.78 is 0. The predicted octanol–water partition coefficient (Wildman–Crippen LogP) is 3.81. The highest BCUT2D eigenvalue weighted by atomic mass is 15.2. The van der Waals surface area contributed by atoms with E-state index in [1.54, 1.807) is 0 Å². The van der Waals surface area contributed by atoms with E-state index in [1.807, 2.05) is 0 Å². The Morgan fingerprint density at radius 3 is 2.54 bits per heavy atom. The summed E-state index contributed by atoms with van der Waals surface area (Å²) in [5.41, 5.74) is 9.09. The Bertz CT molecular complexity index is 625. The van der Waals surface area contributed by atoms with E-state index in [4.69, 9.17) is 0 Å². The third-order valence-electron chi connectivity index (χ3n) is 5.98. The van der Waals surface area contributed by atoms with E-state index in [0.717, 1.165) is 13.0 Å². The Morgan fingerprint density at radius 2 is 1.92 bits per heavy atom. The maximum atomic E-state index is 4.32. The third kappa shape index (κ3) is 3.36. The van der Waals surface area contributed by atoms with Crippen LogP contribution in [0.25, 0.3) is 0 Å². The van der Waals surface area contributed by atoms with Gasteiger partial charge in [-0.1, -0.05) is 63.3 Å². The van der Waals surface area contributed by atoms with Gasteiger partial charge < -0.3 is 5.73 Å². The number of hydrogen-bond donors (Lipinski definition) is 1. The van der Waals surface area contributed by atoms with Crippen LogP contribution in [0.15, 0.2) is 53.6 Å². The Kier molecular flexibility index (Phi) is 4.98. The molecule has 2 heteroatoms. The average Bonchev–Trinajstić information content (AvgIpc) is 2.57. The van der Waals surface area contributed by atoms with E-state index < -0.39 is 0 Å². The fourth-order valence-electron chi connectivity index (χ4n) is 4.38. The number of nitrogens with zero attached hydrogens (tertiary/aromatic N) is 1. The highest BCUT2D eigenvalue weighted by Gasteiger charge is 2.43. The zero-order chi connectivity index (χ0) is 17.3. The number of piperidine rings is 1. The van der Waals surface area contributed by atoms with E-state index in [2.05, 4.69) is 80.8 Å². The molecule has 24 heavy (non-hydrogen) atoms. The van der Waals surface area contributed by atoms with Crippen LogP contribution in [0.2, 0.25) is 0 Å². The maximum Gasteiger partial charge on any atom is 0.107 e. The van der Waals surface area contributed by atoms with Crippen LogP contribution in [0.4, 0.5) is 0 Å². The predicted molar refractivity (Wildman–Crippen MR) is 101 cm³/mol. The summed E-state index contributed by atoms with van der Waals surface area (Å²) in [6.45, 7) is 11.6. The van der Waals surface area contributed by atoms with Crippen LogP contribution >= 0.6 is 0 Å². The maximum absolute atomic E-state index is 4.32. The van der Waals surface area contributed by atoms with E-state index in [-0.39, 0.29) is 0 Å². The standard InChI is InChI=1S/C22H32N2/c1-5-18-13-20-21(14-19(18)16(2)23)24(12-11-22(20,3)4)15-17-9-7-6-8-10-17/h6-10,13-14,16,20-21H,5,11-12,15,23H2,1-4H3/p+1. The number of fused-ring (bicyclic) bond motifs is 1. The molecule has 2 aliphatic rings. The summed E-state index contributed by atoms with van der Waals surface area (Å²) in [7, 11) is 0. The molecule has 1 heterocycles. The zero-order valence-electron chi connectivity index (χ0n) is 15.8. The molecule has 2 nitrogen and oxygen atoms in total. The van der Waals surface area contributed by atoms with E-state index >= 15 is 0 Å². The lowest BCUT2D eigenvalue weighted by atomic mass is 9.65.